The van der Waals surface area contributed by atoms with Crippen LogP contribution in [0.5, 0.6) is 5.75 Å². The van der Waals surface area contributed by atoms with Crippen molar-refractivity contribution in [3.8, 4) is 5.75 Å². The third-order valence-corrected chi connectivity index (χ3v) is 3.29. The van der Waals surface area contributed by atoms with Crippen molar-refractivity contribution in [2.24, 2.45) is 0 Å². The van der Waals surface area contributed by atoms with Crippen LogP contribution < -0.4 is 4.74 Å². The summed E-state index contributed by atoms with van der Waals surface area (Å²) < 4.78 is 5.06. The summed E-state index contributed by atoms with van der Waals surface area (Å²) >= 11 is 5.85. The van der Waals surface area contributed by atoms with Crippen LogP contribution in [0.4, 0.5) is 11.4 Å². The molecule has 2 aromatic rings. The summed E-state index contributed by atoms with van der Waals surface area (Å²) in [6, 6.07) is 7.16. The van der Waals surface area contributed by atoms with Gasteiger partial charge in [-0.3, -0.25) is 20.2 Å². The number of nitro groups is 2. The van der Waals surface area contributed by atoms with Gasteiger partial charge in [0, 0.05) is 23.8 Å². The third-order valence-electron chi connectivity index (χ3n) is 2.96. The van der Waals surface area contributed by atoms with Crippen LogP contribution in [0.2, 0.25) is 5.02 Å². The van der Waals surface area contributed by atoms with Crippen molar-refractivity contribution in [1.82, 2.24) is 0 Å². The molecule has 0 aliphatic carbocycles. The Morgan fingerprint density at radius 3 is 2.35 bits per heavy atom. The fourth-order valence-electron chi connectivity index (χ4n) is 1.84. The summed E-state index contributed by atoms with van der Waals surface area (Å²) in [6.07, 6.45) is 0. The zero-order chi connectivity index (χ0) is 17.1. The number of benzene rings is 2. The maximum atomic E-state index is 12.1. The van der Waals surface area contributed by atoms with E-state index in [4.69, 9.17) is 16.3 Å². The molecule has 0 radical (unpaired) electrons. The number of hydrogen-bond donors (Lipinski definition) is 0. The van der Waals surface area contributed by atoms with Crippen molar-refractivity contribution >= 4 is 28.9 Å². The minimum Gasteiger partial charge on any atom is -0.423 e. The molecule has 0 aliphatic rings. The lowest BCUT2D eigenvalue weighted by Gasteiger charge is -2.07. The molecule has 0 fully saturated rings. The van der Waals surface area contributed by atoms with Crippen molar-refractivity contribution < 1.29 is 19.4 Å². The maximum Gasteiger partial charge on any atom is 0.345 e. The minimum absolute atomic E-state index is 0.000710. The van der Waals surface area contributed by atoms with E-state index in [0.717, 1.165) is 12.1 Å². The van der Waals surface area contributed by atoms with Gasteiger partial charge in [0.05, 0.1) is 20.4 Å². The topological polar surface area (TPSA) is 113 Å². The molecule has 0 aliphatic heterocycles. The molecule has 0 saturated carbocycles. The summed E-state index contributed by atoms with van der Waals surface area (Å²) in [5.41, 5.74) is -0.276. The second-order valence-corrected chi connectivity index (χ2v) is 4.92. The van der Waals surface area contributed by atoms with Gasteiger partial charge in [0.25, 0.3) is 11.4 Å². The van der Waals surface area contributed by atoms with E-state index in [1.54, 1.807) is 0 Å². The molecule has 0 heterocycles. The molecular formula is C14H9ClN2O6. The molecule has 2 rings (SSSR count). The van der Waals surface area contributed by atoms with Crippen LogP contribution in [0.3, 0.4) is 0 Å². The van der Waals surface area contributed by atoms with Gasteiger partial charge in [-0.25, -0.2) is 4.79 Å². The molecule has 0 atom stereocenters. The second-order valence-electron chi connectivity index (χ2n) is 4.52. The number of nitro benzene ring substituents is 2. The predicted octanol–water partition coefficient (Wildman–Crippen LogP) is 3.68. The SMILES string of the molecule is Cc1cc(OC(=O)c2cc([N+](=O)[O-])ccc2Cl)ccc1[N+](=O)[O-]. The summed E-state index contributed by atoms with van der Waals surface area (Å²) in [5.74, 6) is -0.826. The Kier molecular flexibility index (Phi) is 4.56. The van der Waals surface area contributed by atoms with Crippen molar-refractivity contribution in [3.63, 3.8) is 0 Å². The Morgan fingerprint density at radius 1 is 1.09 bits per heavy atom. The zero-order valence-corrected chi connectivity index (χ0v) is 12.4. The van der Waals surface area contributed by atoms with Gasteiger partial charge in [-0.2, -0.15) is 0 Å². The van der Waals surface area contributed by atoms with E-state index < -0.39 is 15.8 Å². The van der Waals surface area contributed by atoms with E-state index in [9.17, 15) is 25.0 Å². The zero-order valence-electron chi connectivity index (χ0n) is 11.7. The number of carbonyl (C=O) groups is 1. The standard InChI is InChI=1S/C14H9ClN2O6/c1-8-6-10(3-5-13(8)17(21)22)23-14(18)11-7-9(16(19)20)2-4-12(11)15/h2-7H,1H3. The molecule has 0 unspecified atom stereocenters. The van der Waals surface area contributed by atoms with E-state index >= 15 is 0 Å². The highest BCUT2D eigenvalue weighted by Gasteiger charge is 2.19. The van der Waals surface area contributed by atoms with E-state index in [2.05, 4.69) is 0 Å². The number of ether oxygens (including phenoxy) is 1. The Hall–Kier alpha value is -3.00. The molecule has 0 bridgehead atoms. The molecular weight excluding hydrogens is 328 g/mol. The molecule has 0 amide bonds. The van der Waals surface area contributed by atoms with Crippen LogP contribution in [0.15, 0.2) is 36.4 Å². The number of esters is 1. The smallest absolute Gasteiger partial charge is 0.345 e. The van der Waals surface area contributed by atoms with Gasteiger partial charge in [-0.1, -0.05) is 11.6 Å². The fraction of sp³-hybridized carbons (Fsp3) is 0.0714. The van der Waals surface area contributed by atoms with Gasteiger partial charge < -0.3 is 4.74 Å². The first-order valence-electron chi connectivity index (χ1n) is 6.20. The lowest BCUT2D eigenvalue weighted by Crippen LogP contribution is -2.10. The van der Waals surface area contributed by atoms with Gasteiger partial charge in [0.15, 0.2) is 0 Å². The van der Waals surface area contributed by atoms with Crippen LogP contribution in [0.25, 0.3) is 0 Å². The number of non-ortho nitro benzene ring substituents is 1. The highest BCUT2D eigenvalue weighted by atomic mass is 35.5. The van der Waals surface area contributed by atoms with Crippen molar-refractivity contribution in [1.29, 1.82) is 0 Å². The van der Waals surface area contributed by atoms with Crippen LogP contribution in [-0.4, -0.2) is 15.8 Å². The first-order chi connectivity index (χ1) is 10.8. The van der Waals surface area contributed by atoms with Crippen LogP contribution >= 0.6 is 11.6 Å². The lowest BCUT2D eigenvalue weighted by molar-refractivity contribution is -0.385. The summed E-state index contributed by atoms with van der Waals surface area (Å²) in [6.45, 7) is 1.50. The summed E-state index contributed by atoms with van der Waals surface area (Å²) in [7, 11) is 0. The molecule has 0 aromatic heterocycles. The molecule has 23 heavy (non-hydrogen) atoms. The molecule has 9 heteroatoms. The number of nitrogens with zero attached hydrogens (tertiary/aromatic N) is 2. The maximum absolute atomic E-state index is 12.1. The summed E-state index contributed by atoms with van der Waals surface area (Å²) in [5, 5.41) is 21.5. The van der Waals surface area contributed by atoms with E-state index in [-0.39, 0.29) is 27.7 Å². The largest absolute Gasteiger partial charge is 0.423 e. The fourth-order valence-corrected chi connectivity index (χ4v) is 2.04. The first-order valence-corrected chi connectivity index (χ1v) is 6.58. The Morgan fingerprint density at radius 2 is 1.78 bits per heavy atom. The molecule has 0 saturated heterocycles. The van der Waals surface area contributed by atoms with Gasteiger partial charge in [0.1, 0.15) is 5.75 Å². The summed E-state index contributed by atoms with van der Waals surface area (Å²) in [4.78, 5) is 32.3. The highest BCUT2D eigenvalue weighted by Crippen LogP contribution is 2.26. The monoisotopic (exact) mass is 336 g/mol. The third kappa shape index (κ3) is 3.61. The van der Waals surface area contributed by atoms with Crippen LogP contribution in [0.1, 0.15) is 15.9 Å². The number of aryl methyl sites for hydroxylation is 1. The van der Waals surface area contributed by atoms with Gasteiger partial charge in [0.2, 0.25) is 0 Å². The average Bonchev–Trinajstić information content (AvgIpc) is 2.46. The average molecular weight is 337 g/mol. The normalized spacial score (nSPS) is 10.2. The lowest BCUT2D eigenvalue weighted by atomic mass is 10.2. The molecule has 0 spiro atoms. The first kappa shape index (κ1) is 16.4. The quantitative estimate of drug-likeness (QED) is 0.364. The Bertz CT molecular complexity index is 821. The molecule has 0 N–H and O–H groups in total. The van der Waals surface area contributed by atoms with Gasteiger partial charge in [-0.15, -0.1) is 0 Å². The molecule has 118 valence electrons. The Balaban J connectivity index is 2.29. The molecule has 8 nitrogen and oxygen atoms in total. The van der Waals surface area contributed by atoms with Crippen molar-refractivity contribution in [2.45, 2.75) is 6.92 Å². The number of carbonyl (C=O) groups excluding carboxylic acids is 1. The van der Waals surface area contributed by atoms with E-state index in [1.807, 2.05) is 0 Å². The minimum atomic E-state index is -0.896. The van der Waals surface area contributed by atoms with Gasteiger partial charge in [-0.05, 0) is 25.1 Å². The number of rotatable bonds is 4. The predicted molar refractivity (Wildman–Crippen MR) is 80.9 cm³/mol. The number of halogens is 1. The van der Waals surface area contributed by atoms with Crippen LogP contribution in [0, 0.1) is 27.2 Å². The van der Waals surface area contributed by atoms with E-state index in [1.165, 1.54) is 31.2 Å². The second kappa shape index (κ2) is 6.41. The Labute approximate surface area is 134 Å². The van der Waals surface area contributed by atoms with Crippen LogP contribution in [-0.2, 0) is 0 Å². The van der Waals surface area contributed by atoms with E-state index in [0.29, 0.717) is 5.56 Å². The number of hydrogen-bond acceptors (Lipinski definition) is 6. The molecule has 2 aromatic carbocycles. The van der Waals surface area contributed by atoms with Crippen molar-refractivity contribution in [3.05, 3.63) is 72.8 Å². The van der Waals surface area contributed by atoms with Gasteiger partial charge >= 0.3 is 5.97 Å². The highest BCUT2D eigenvalue weighted by molar-refractivity contribution is 6.33. The van der Waals surface area contributed by atoms with Crippen molar-refractivity contribution in [2.75, 3.05) is 0 Å².